The number of hydrogen-bond donors (Lipinski definition) is 3. The molecule has 0 radical (unpaired) electrons. The Labute approximate surface area is 84.5 Å². The SMILES string of the molecule is NC(=O)c1coc([C@@H]2OC[C@@H](O)[C@H]2O)n1. The van der Waals surface area contributed by atoms with E-state index in [1.54, 1.807) is 0 Å². The standard InChI is InChI=1S/C8H10N2O5/c9-7(13)3-1-15-8(10-3)6-5(12)4(11)2-14-6/h1,4-6,11-12H,2H2,(H2,9,13)/t4-,5-,6-/m1/s1. The summed E-state index contributed by atoms with van der Waals surface area (Å²) in [5.41, 5.74) is 4.93. The van der Waals surface area contributed by atoms with Gasteiger partial charge in [-0.25, -0.2) is 4.98 Å². The third kappa shape index (κ3) is 1.72. The zero-order valence-corrected chi connectivity index (χ0v) is 7.66. The minimum absolute atomic E-state index is 0.000117. The Morgan fingerprint density at radius 3 is 2.80 bits per heavy atom. The highest BCUT2D eigenvalue weighted by molar-refractivity contribution is 5.90. The minimum Gasteiger partial charge on any atom is -0.445 e. The fourth-order valence-corrected chi connectivity index (χ4v) is 1.35. The van der Waals surface area contributed by atoms with E-state index in [4.69, 9.17) is 14.9 Å². The number of rotatable bonds is 2. The number of primary amides is 1. The van der Waals surface area contributed by atoms with Crippen LogP contribution in [-0.4, -0.2) is 39.9 Å². The summed E-state index contributed by atoms with van der Waals surface area (Å²) in [6.45, 7) is 0.000117. The molecule has 1 aromatic rings. The third-order valence-corrected chi connectivity index (χ3v) is 2.17. The van der Waals surface area contributed by atoms with E-state index in [1.807, 2.05) is 0 Å². The van der Waals surface area contributed by atoms with Gasteiger partial charge in [-0.3, -0.25) is 4.79 Å². The predicted octanol–water partition coefficient (Wildman–Crippen LogP) is -1.43. The van der Waals surface area contributed by atoms with Crippen LogP contribution in [0.4, 0.5) is 0 Å². The number of ether oxygens (including phenoxy) is 1. The Hall–Kier alpha value is -1.44. The number of nitrogens with two attached hydrogens (primary N) is 1. The zero-order valence-electron chi connectivity index (χ0n) is 7.66. The summed E-state index contributed by atoms with van der Waals surface area (Å²) in [5, 5.41) is 18.7. The molecule has 1 aliphatic rings. The first kappa shape index (κ1) is 10.1. The molecule has 2 heterocycles. The van der Waals surface area contributed by atoms with Crippen molar-refractivity contribution in [2.45, 2.75) is 18.3 Å². The maximum absolute atomic E-state index is 10.7. The van der Waals surface area contributed by atoms with E-state index in [9.17, 15) is 15.0 Å². The zero-order chi connectivity index (χ0) is 11.0. The van der Waals surface area contributed by atoms with Gasteiger partial charge in [-0.05, 0) is 0 Å². The van der Waals surface area contributed by atoms with Gasteiger partial charge in [0.25, 0.3) is 5.91 Å². The number of aliphatic hydroxyl groups excluding tert-OH is 2. The lowest BCUT2D eigenvalue weighted by Crippen LogP contribution is -2.25. The highest BCUT2D eigenvalue weighted by Gasteiger charge is 2.38. The van der Waals surface area contributed by atoms with Gasteiger partial charge in [-0.15, -0.1) is 0 Å². The number of carbonyl (C=O) groups excluding carboxylic acids is 1. The molecular weight excluding hydrogens is 204 g/mol. The molecule has 1 saturated heterocycles. The van der Waals surface area contributed by atoms with Crippen molar-refractivity contribution < 1.29 is 24.2 Å². The molecule has 0 spiro atoms. The topological polar surface area (TPSA) is 119 Å². The van der Waals surface area contributed by atoms with Crippen LogP contribution in [0, 0.1) is 0 Å². The van der Waals surface area contributed by atoms with Gasteiger partial charge in [0.2, 0.25) is 5.89 Å². The fraction of sp³-hybridized carbons (Fsp3) is 0.500. The summed E-state index contributed by atoms with van der Waals surface area (Å²) < 4.78 is 9.97. The van der Waals surface area contributed by atoms with Crippen LogP contribution in [-0.2, 0) is 4.74 Å². The van der Waals surface area contributed by atoms with Gasteiger partial charge >= 0.3 is 0 Å². The third-order valence-electron chi connectivity index (χ3n) is 2.17. The molecule has 15 heavy (non-hydrogen) atoms. The Bertz CT molecular complexity index is 377. The van der Waals surface area contributed by atoms with Crippen molar-refractivity contribution in [1.29, 1.82) is 0 Å². The van der Waals surface area contributed by atoms with E-state index >= 15 is 0 Å². The second-order valence-electron chi connectivity index (χ2n) is 3.25. The molecule has 1 fully saturated rings. The lowest BCUT2D eigenvalue weighted by atomic mass is 10.1. The molecule has 0 unspecified atom stereocenters. The molecule has 1 aromatic heterocycles. The van der Waals surface area contributed by atoms with Crippen LogP contribution >= 0.6 is 0 Å². The molecular formula is C8H10N2O5. The van der Waals surface area contributed by atoms with Gasteiger partial charge in [-0.2, -0.15) is 0 Å². The van der Waals surface area contributed by atoms with Crippen molar-refractivity contribution in [3.8, 4) is 0 Å². The summed E-state index contributed by atoms with van der Waals surface area (Å²) in [6.07, 6.45) is -1.85. The molecule has 3 atom stereocenters. The Balaban J connectivity index is 2.19. The molecule has 4 N–H and O–H groups in total. The van der Waals surface area contributed by atoms with Crippen molar-refractivity contribution in [1.82, 2.24) is 4.98 Å². The van der Waals surface area contributed by atoms with Gasteiger partial charge in [0.05, 0.1) is 6.61 Å². The average molecular weight is 214 g/mol. The van der Waals surface area contributed by atoms with Crippen molar-refractivity contribution in [2.24, 2.45) is 5.73 Å². The number of aromatic nitrogens is 1. The van der Waals surface area contributed by atoms with E-state index < -0.39 is 24.2 Å². The highest BCUT2D eigenvalue weighted by Crippen LogP contribution is 2.28. The van der Waals surface area contributed by atoms with Gasteiger partial charge < -0.3 is 25.1 Å². The molecule has 7 nitrogen and oxygen atoms in total. The molecule has 1 amide bonds. The highest BCUT2D eigenvalue weighted by atomic mass is 16.5. The Morgan fingerprint density at radius 2 is 2.33 bits per heavy atom. The first-order valence-electron chi connectivity index (χ1n) is 4.32. The molecule has 2 rings (SSSR count). The van der Waals surface area contributed by atoms with Gasteiger partial charge in [-0.1, -0.05) is 0 Å². The normalized spacial score (nSPS) is 30.7. The predicted molar refractivity (Wildman–Crippen MR) is 45.7 cm³/mol. The maximum atomic E-state index is 10.7. The van der Waals surface area contributed by atoms with Gasteiger partial charge in [0.15, 0.2) is 11.8 Å². The van der Waals surface area contributed by atoms with Crippen LogP contribution in [0.2, 0.25) is 0 Å². The first-order valence-corrected chi connectivity index (χ1v) is 4.32. The Kier molecular flexibility index (Phi) is 2.43. The number of carbonyl (C=O) groups is 1. The smallest absolute Gasteiger partial charge is 0.270 e. The number of amides is 1. The van der Waals surface area contributed by atoms with Crippen LogP contribution in [0.25, 0.3) is 0 Å². The number of aliphatic hydroxyl groups is 2. The minimum atomic E-state index is -1.11. The van der Waals surface area contributed by atoms with Crippen LogP contribution in [0.15, 0.2) is 10.7 Å². The second-order valence-corrected chi connectivity index (χ2v) is 3.25. The molecule has 0 saturated carbocycles. The quantitative estimate of drug-likeness (QED) is 0.555. The van der Waals surface area contributed by atoms with Crippen molar-refractivity contribution >= 4 is 5.91 Å². The van der Waals surface area contributed by atoms with E-state index in [0.29, 0.717) is 0 Å². The van der Waals surface area contributed by atoms with E-state index in [1.165, 1.54) is 0 Å². The molecule has 1 aliphatic heterocycles. The maximum Gasteiger partial charge on any atom is 0.270 e. The molecule has 7 heteroatoms. The van der Waals surface area contributed by atoms with Gasteiger partial charge in [0, 0.05) is 0 Å². The average Bonchev–Trinajstić information content (AvgIpc) is 2.76. The van der Waals surface area contributed by atoms with Crippen molar-refractivity contribution in [3.63, 3.8) is 0 Å². The molecule has 0 aliphatic carbocycles. The largest absolute Gasteiger partial charge is 0.445 e. The summed E-state index contributed by atoms with van der Waals surface area (Å²) in [7, 11) is 0. The van der Waals surface area contributed by atoms with E-state index in [0.717, 1.165) is 6.26 Å². The summed E-state index contributed by atoms with van der Waals surface area (Å²) in [5.74, 6) is -0.689. The van der Waals surface area contributed by atoms with Crippen LogP contribution < -0.4 is 5.73 Å². The van der Waals surface area contributed by atoms with E-state index in [2.05, 4.69) is 4.98 Å². The summed E-state index contributed by atoms with van der Waals surface area (Å²) in [4.78, 5) is 14.5. The monoisotopic (exact) mass is 214 g/mol. The van der Waals surface area contributed by atoms with Crippen LogP contribution in [0.5, 0.6) is 0 Å². The van der Waals surface area contributed by atoms with Crippen LogP contribution in [0.1, 0.15) is 22.5 Å². The number of oxazole rings is 1. The molecule has 0 bridgehead atoms. The van der Waals surface area contributed by atoms with Crippen molar-refractivity contribution in [3.05, 3.63) is 17.8 Å². The molecule has 0 aromatic carbocycles. The number of hydrogen-bond acceptors (Lipinski definition) is 6. The number of nitrogens with zero attached hydrogens (tertiary/aromatic N) is 1. The summed E-state index contributed by atoms with van der Waals surface area (Å²) >= 11 is 0. The first-order chi connectivity index (χ1) is 7.09. The Morgan fingerprint density at radius 1 is 1.60 bits per heavy atom. The summed E-state index contributed by atoms with van der Waals surface area (Å²) in [6, 6.07) is 0. The lowest BCUT2D eigenvalue weighted by molar-refractivity contribution is 0.00918. The second kappa shape index (κ2) is 3.61. The van der Waals surface area contributed by atoms with Crippen LogP contribution in [0.3, 0.4) is 0 Å². The van der Waals surface area contributed by atoms with Gasteiger partial charge in [0.1, 0.15) is 18.5 Å². The van der Waals surface area contributed by atoms with E-state index in [-0.39, 0.29) is 18.2 Å². The fourth-order valence-electron chi connectivity index (χ4n) is 1.35. The molecule has 82 valence electrons. The lowest BCUT2D eigenvalue weighted by Gasteiger charge is -2.10. The van der Waals surface area contributed by atoms with Crippen molar-refractivity contribution in [2.75, 3.05) is 6.61 Å².